The highest BCUT2D eigenvalue weighted by Gasteiger charge is 2.02. The maximum absolute atomic E-state index is 5.89. The summed E-state index contributed by atoms with van der Waals surface area (Å²) in [5.41, 5.74) is 12.0. The van der Waals surface area contributed by atoms with Crippen molar-refractivity contribution in [3.05, 3.63) is 84.4 Å². The van der Waals surface area contributed by atoms with Gasteiger partial charge >= 0.3 is 0 Å². The van der Waals surface area contributed by atoms with Crippen molar-refractivity contribution in [2.24, 2.45) is 5.73 Å². The Morgan fingerprint density at radius 3 is 1.38 bits per heavy atom. The molecule has 21 heavy (non-hydrogen) atoms. The van der Waals surface area contributed by atoms with Crippen LogP contribution in [0, 0.1) is 0 Å². The van der Waals surface area contributed by atoms with Crippen LogP contribution >= 0.6 is 0 Å². The molecule has 0 aliphatic rings. The van der Waals surface area contributed by atoms with Crippen molar-refractivity contribution in [1.29, 1.82) is 0 Å². The molecule has 0 spiro atoms. The van der Waals surface area contributed by atoms with Gasteiger partial charge in [0.05, 0.1) is 0 Å². The fraction of sp³-hybridized carbons (Fsp3) is 0.100. The van der Waals surface area contributed by atoms with E-state index in [1.807, 2.05) is 13.0 Å². The van der Waals surface area contributed by atoms with Crippen LogP contribution in [0.5, 0.6) is 0 Å². The zero-order valence-corrected chi connectivity index (χ0v) is 12.2. The number of rotatable bonds is 3. The highest BCUT2D eigenvalue weighted by atomic mass is 14.6. The summed E-state index contributed by atoms with van der Waals surface area (Å²) in [5, 5.41) is 0. The summed E-state index contributed by atoms with van der Waals surface area (Å²) in [6, 6.07) is 27.7. The van der Waals surface area contributed by atoms with Crippen LogP contribution < -0.4 is 5.73 Å². The minimum atomic E-state index is 0.0829. The van der Waals surface area contributed by atoms with E-state index in [9.17, 15) is 0 Å². The van der Waals surface area contributed by atoms with Crippen molar-refractivity contribution in [2.45, 2.75) is 13.0 Å². The van der Waals surface area contributed by atoms with E-state index in [1.165, 1.54) is 27.8 Å². The lowest BCUT2D eigenvalue weighted by atomic mass is 9.99. The van der Waals surface area contributed by atoms with Crippen LogP contribution in [-0.2, 0) is 0 Å². The Hall–Kier alpha value is -2.38. The van der Waals surface area contributed by atoms with Crippen molar-refractivity contribution in [3.63, 3.8) is 0 Å². The van der Waals surface area contributed by atoms with Gasteiger partial charge in [0.2, 0.25) is 0 Å². The van der Waals surface area contributed by atoms with E-state index in [-0.39, 0.29) is 6.04 Å². The summed E-state index contributed by atoms with van der Waals surface area (Å²) in [4.78, 5) is 0. The first-order chi connectivity index (χ1) is 10.2. The van der Waals surface area contributed by atoms with E-state index in [0.717, 1.165) is 0 Å². The van der Waals surface area contributed by atoms with Crippen molar-refractivity contribution in [3.8, 4) is 22.3 Å². The average molecular weight is 273 g/mol. The Kier molecular flexibility index (Phi) is 3.85. The second-order valence-corrected chi connectivity index (χ2v) is 5.35. The summed E-state index contributed by atoms with van der Waals surface area (Å²) in [6.45, 7) is 2.00. The number of hydrogen-bond donors (Lipinski definition) is 1. The molecule has 0 saturated carbocycles. The van der Waals surface area contributed by atoms with E-state index in [0.29, 0.717) is 0 Å². The molecular formula is C20H19N. The summed E-state index contributed by atoms with van der Waals surface area (Å²) in [5.74, 6) is 0. The van der Waals surface area contributed by atoms with Gasteiger partial charge in [-0.15, -0.1) is 0 Å². The Balaban J connectivity index is 1.87. The van der Waals surface area contributed by atoms with E-state index in [1.54, 1.807) is 0 Å². The highest BCUT2D eigenvalue weighted by molar-refractivity contribution is 5.70. The number of benzene rings is 3. The van der Waals surface area contributed by atoms with Crippen LogP contribution in [0.3, 0.4) is 0 Å². The Labute approximate surface area is 126 Å². The van der Waals surface area contributed by atoms with Gasteiger partial charge in [-0.25, -0.2) is 0 Å². The predicted octanol–water partition coefficient (Wildman–Crippen LogP) is 5.04. The first-order valence-electron chi connectivity index (χ1n) is 7.25. The lowest BCUT2D eigenvalue weighted by Crippen LogP contribution is -2.04. The van der Waals surface area contributed by atoms with Crippen LogP contribution in [-0.4, -0.2) is 0 Å². The summed E-state index contributed by atoms with van der Waals surface area (Å²) >= 11 is 0. The van der Waals surface area contributed by atoms with Gasteiger partial charge in [0.15, 0.2) is 0 Å². The molecule has 0 amide bonds. The molecule has 3 rings (SSSR count). The Morgan fingerprint density at radius 1 is 0.571 bits per heavy atom. The third-order valence-electron chi connectivity index (χ3n) is 3.76. The van der Waals surface area contributed by atoms with Gasteiger partial charge in [-0.3, -0.25) is 0 Å². The standard InChI is InChI=1S/C20H19N/c1-15(21)16-7-9-19(10-8-16)20-13-11-18(12-14-20)17-5-3-2-4-6-17/h2-15H,21H2,1H3. The molecule has 0 fully saturated rings. The van der Waals surface area contributed by atoms with Gasteiger partial charge in [-0.05, 0) is 34.7 Å². The zero-order chi connectivity index (χ0) is 14.7. The maximum atomic E-state index is 5.89. The molecule has 1 unspecified atom stereocenters. The number of hydrogen-bond acceptors (Lipinski definition) is 1. The van der Waals surface area contributed by atoms with E-state index >= 15 is 0 Å². The van der Waals surface area contributed by atoms with E-state index in [4.69, 9.17) is 5.73 Å². The molecule has 0 aliphatic heterocycles. The second-order valence-electron chi connectivity index (χ2n) is 5.35. The van der Waals surface area contributed by atoms with Gasteiger partial charge in [-0.2, -0.15) is 0 Å². The van der Waals surface area contributed by atoms with Crippen LogP contribution in [0.1, 0.15) is 18.5 Å². The highest BCUT2D eigenvalue weighted by Crippen LogP contribution is 2.25. The van der Waals surface area contributed by atoms with Gasteiger partial charge in [0.1, 0.15) is 0 Å². The summed E-state index contributed by atoms with van der Waals surface area (Å²) in [6.07, 6.45) is 0. The average Bonchev–Trinajstić information content (AvgIpc) is 2.56. The monoisotopic (exact) mass is 273 g/mol. The van der Waals surface area contributed by atoms with Crippen LogP contribution in [0.2, 0.25) is 0 Å². The molecule has 0 aliphatic carbocycles. The third kappa shape index (κ3) is 3.04. The third-order valence-corrected chi connectivity index (χ3v) is 3.76. The predicted molar refractivity (Wildman–Crippen MR) is 89.9 cm³/mol. The molecule has 3 aromatic carbocycles. The maximum Gasteiger partial charge on any atom is 0.0266 e. The molecule has 2 N–H and O–H groups in total. The largest absolute Gasteiger partial charge is 0.324 e. The molecule has 0 radical (unpaired) electrons. The second kappa shape index (κ2) is 5.94. The molecular weight excluding hydrogens is 254 g/mol. The van der Waals surface area contributed by atoms with Crippen molar-refractivity contribution >= 4 is 0 Å². The normalized spacial score (nSPS) is 12.1. The molecule has 0 saturated heterocycles. The molecule has 104 valence electrons. The fourth-order valence-electron chi connectivity index (χ4n) is 2.46. The Morgan fingerprint density at radius 2 is 0.952 bits per heavy atom. The first-order valence-corrected chi connectivity index (χ1v) is 7.25. The van der Waals surface area contributed by atoms with Crippen LogP contribution in [0.25, 0.3) is 22.3 Å². The minimum absolute atomic E-state index is 0.0829. The SMILES string of the molecule is CC(N)c1ccc(-c2ccc(-c3ccccc3)cc2)cc1. The van der Waals surface area contributed by atoms with Crippen molar-refractivity contribution in [2.75, 3.05) is 0 Å². The quantitative estimate of drug-likeness (QED) is 0.710. The summed E-state index contributed by atoms with van der Waals surface area (Å²) < 4.78 is 0. The summed E-state index contributed by atoms with van der Waals surface area (Å²) in [7, 11) is 0. The molecule has 1 heteroatoms. The minimum Gasteiger partial charge on any atom is -0.324 e. The number of nitrogens with two attached hydrogens (primary N) is 1. The van der Waals surface area contributed by atoms with Crippen molar-refractivity contribution < 1.29 is 0 Å². The van der Waals surface area contributed by atoms with Gasteiger partial charge in [-0.1, -0.05) is 78.9 Å². The topological polar surface area (TPSA) is 26.0 Å². The molecule has 1 atom stereocenters. The van der Waals surface area contributed by atoms with Crippen LogP contribution in [0.4, 0.5) is 0 Å². The Bertz CT molecular complexity index is 695. The zero-order valence-electron chi connectivity index (χ0n) is 12.2. The fourth-order valence-corrected chi connectivity index (χ4v) is 2.46. The molecule has 0 heterocycles. The molecule has 1 nitrogen and oxygen atoms in total. The molecule has 0 bridgehead atoms. The molecule has 3 aromatic rings. The smallest absolute Gasteiger partial charge is 0.0266 e. The lowest BCUT2D eigenvalue weighted by Gasteiger charge is -2.08. The van der Waals surface area contributed by atoms with E-state index < -0.39 is 0 Å². The van der Waals surface area contributed by atoms with E-state index in [2.05, 4.69) is 72.8 Å². The van der Waals surface area contributed by atoms with Gasteiger partial charge in [0.25, 0.3) is 0 Å². The van der Waals surface area contributed by atoms with Gasteiger partial charge < -0.3 is 5.73 Å². The lowest BCUT2D eigenvalue weighted by molar-refractivity contribution is 0.818. The first kappa shape index (κ1) is 13.6. The van der Waals surface area contributed by atoms with Crippen LogP contribution in [0.15, 0.2) is 78.9 Å². The van der Waals surface area contributed by atoms with Gasteiger partial charge in [0, 0.05) is 6.04 Å². The van der Waals surface area contributed by atoms with Crippen molar-refractivity contribution in [1.82, 2.24) is 0 Å². The molecule has 0 aromatic heterocycles.